The van der Waals surface area contributed by atoms with Gasteiger partial charge in [0.2, 0.25) is 0 Å². The average molecular weight is 366 g/mol. The van der Waals surface area contributed by atoms with E-state index in [1.54, 1.807) is 6.20 Å². The Morgan fingerprint density at radius 3 is 2.90 bits per heavy atom. The van der Waals surface area contributed by atoms with Gasteiger partial charge in [-0.25, -0.2) is 0 Å². The Labute approximate surface area is 136 Å². The summed E-state index contributed by atoms with van der Waals surface area (Å²) in [5.41, 5.74) is 1.77. The molecule has 0 bridgehead atoms. The molecule has 0 fully saturated rings. The number of nitrogens with one attached hydrogen (secondary N) is 1. The number of nitrogens with zero attached hydrogens (tertiary/aromatic N) is 1. The largest absolute Gasteiger partial charge is 0.457 e. The van der Waals surface area contributed by atoms with Crippen LogP contribution in [-0.4, -0.2) is 11.5 Å². The van der Waals surface area contributed by atoms with Gasteiger partial charge in [-0.1, -0.05) is 30.7 Å². The van der Waals surface area contributed by atoms with E-state index in [1.807, 2.05) is 36.5 Å². The Balaban J connectivity index is 2.09. The van der Waals surface area contributed by atoms with Crippen LogP contribution in [0.5, 0.6) is 0 Å². The fourth-order valence-electron chi connectivity index (χ4n) is 2.36. The lowest BCUT2D eigenvalue weighted by Gasteiger charge is -2.15. The summed E-state index contributed by atoms with van der Waals surface area (Å²) >= 11 is 9.65. The molecule has 1 unspecified atom stereocenters. The van der Waals surface area contributed by atoms with Crippen molar-refractivity contribution in [1.82, 2.24) is 10.3 Å². The van der Waals surface area contributed by atoms with Gasteiger partial charge in [0.15, 0.2) is 5.58 Å². The fourth-order valence-corrected chi connectivity index (χ4v) is 2.97. The summed E-state index contributed by atoms with van der Waals surface area (Å²) in [7, 11) is 0. The van der Waals surface area contributed by atoms with Gasteiger partial charge >= 0.3 is 0 Å². The lowest BCUT2D eigenvalue weighted by molar-refractivity contribution is 0.476. The van der Waals surface area contributed by atoms with Crippen molar-refractivity contribution in [2.24, 2.45) is 0 Å². The average Bonchev–Trinajstić information content (AvgIpc) is 2.90. The number of hydrogen-bond donors (Lipinski definition) is 1. The Hall–Kier alpha value is -1.36. The van der Waals surface area contributed by atoms with Gasteiger partial charge in [0.1, 0.15) is 5.76 Å². The molecular weight excluding hydrogens is 352 g/mol. The predicted molar refractivity (Wildman–Crippen MR) is 88.7 cm³/mol. The summed E-state index contributed by atoms with van der Waals surface area (Å²) in [6, 6.07) is 9.76. The highest BCUT2D eigenvalue weighted by Crippen LogP contribution is 2.32. The second kappa shape index (κ2) is 6.18. The molecule has 0 radical (unpaired) electrons. The molecule has 2 heterocycles. The van der Waals surface area contributed by atoms with E-state index in [0.717, 1.165) is 33.3 Å². The first-order chi connectivity index (χ1) is 10.2. The number of hydrogen-bond acceptors (Lipinski definition) is 3. The summed E-state index contributed by atoms with van der Waals surface area (Å²) in [5.74, 6) is 0.833. The minimum Gasteiger partial charge on any atom is -0.457 e. The number of pyridine rings is 1. The van der Waals surface area contributed by atoms with E-state index in [-0.39, 0.29) is 6.04 Å². The van der Waals surface area contributed by atoms with Crippen molar-refractivity contribution in [3.8, 4) is 0 Å². The molecule has 0 spiro atoms. The lowest BCUT2D eigenvalue weighted by atomic mass is 10.1. The molecule has 1 aromatic carbocycles. The van der Waals surface area contributed by atoms with Crippen molar-refractivity contribution in [3.63, 3.8) is 0 Å². The van der Waals surface area contributed by atoms with E-state index in [9.17, 15) is 0 Å². The van der Waals surface area contributed by atoms with E-state index in [4.69, 9.17) is 16.0 Å². The highest BCUT2D eigenvalue weighted by atomic mass is 79.9. The van der Waals surface area contributed by atoms with Crippen LogP contribution in [0.1, 0.15) is 24.3 Å². The topological polar surface area (TPSA) is 38.1 Å². The SMILES string of the molecule is CCNC(c1cncc(Br)c1)c1cc2cccc(Cl)c2o1. The first-order valence-electron chi connectivity index (χ1n) is 6.71. The number of benzene rings is 1. The maximum atomic E-state index is 6.19. The quantitative estimate of drug-likeness (QED) is 0.711. The molecule has 1 N–H and O–H groups in total. The van der Waals surface area contributed by atoms with Crippen molar-refractivity contribution in [2.75, 3.05) is 6.54 Å². The smallest absolute Gasteiger partial charge is 0.152 e. The number of fused-ring (bicyclic) bond motifs is 1. The number of rotatable bonds is 4. The summed E-state index contributed by atoms with van der Waals surface area (Å²) in [5, 5.41) is 5.05. The maximum Gasteiger partial charge on any atom is 0.152 e. The third-order valence-electron chi connectivity index (χ3n) is 3.27. The van der Waals surface area contributed by atoms with Crippen molar-refractivity contribution in [3.05, 3.63) is 63.5 Å². The van der Waals surface area contributed by atoms with Gasteiger partial charge in [-0.2, -0.15) is 0 Å². The molecule has 2 aromatic heterocycles. The predicted octanol–water partition coefficient (Wildman–Crippen LogP) is 4.94. The molecule has 0 saturated heterocycles. The van der Waals surface area contributed by atoms with Crippen LogP contribution < -0.4 is 5.32 Å². The molecule has 3 rings (SSSR count). The second-order valence-electron chi connectivity index (χ2n) is 4.73. The standard InChI is InChI=1S/C16H14BrClN2O/c1-2-20-15(11-6-12(17)9-19-8-11)14-7-10-4-3-5-13(18)16(10)21-14/h3-9,15,20H,2H2,1H3. The number of para-hydroxylation sites is 1. The van der Waals surface area contributed by atoms with Gasteiger partial charge in [0.05, 0.1) is 11.1 Å². The summed E-state index contributed by atoms with van der Waals surface area (Å²) in [6.07, 6.45) is 3.61. The fraction of sp³-hybridized carbons (Fsp3) is 0.188. The Bertz CT molecular complexity index is 772. The molecule has 1 atom stereocenters. The molecule has 21 heavy (non-hydrogen) atoms. The van der Waals surface area contributed by atoms with Crippen LogP contribution in [0.15, 0.2) is 51.6 Å². The summed E-state index contributed by atoms with van der Waals surface area (Å²) in [4.78, 5) is 4.23. The van der Waals surface area contributed by atoms with Gasteiger partial charge in [0, 0.05) is 22.3 Å². The van der Waals surface area contributed by atoms with Crippen LogP contribution in [0, 0.1) is 0 Å². The third kappa shape index (κ3) is 2.98. The number of aromatic nitrogens is 1. The summed E-state index contributed by atoms with van der Waals surface area (Å²) < 4.78 is 6.91. The lowest BCUT2D eigenvalue weighted by Crippen LogP contribution is -2.21. The molecule has 5 heteroatoms. The molecule has 108 valence electrons. The van der Waals surface area contributed by atoms with Crippen LogP contribution in [0.2, 0.25) is 5.02 Å². The Morgan fingerprint density at radius 2 is 2.19 bits per heavy atom. The van der Waals surface area contributed by atoms with E-state index in [2.05, 4.69) is 33.2 Å². The molecule has 3 nitrogen and oxygen atoms in total. The number of furan rings is 1. The van der Waals surface area contributed by atoms with Gasteiger partial charge in [0.25, 0.3) is 0 Å². The van der Waals surface area contributed by atoms with Gasteiger partial charge in [-0.3, -0.25) is 4.98 Å². The van der Waals surface area contributed by atoms with Crippen LogP contribution >= 0.6 is 27.5 Å². The van der Waals surface area contributed by atoms with Gasteiger partial charge in [-0.15, -0.1) is 0 Å². The minimum atomic E-state index is -0.0523. The van der Waals surface area contributed by atoms with Gasteiger partial charge < -0.3 is 9.73 Å². The number of halogens is 2. The highest BCUT2D eigenvalue weighted by molar-refractivity contribution is 9.10. The third-order valence-corrected chi connectivity index (χ3v) is 4.00. The maximum absolute atomic E-state index is 6.19. The highest BCUT2D eigenvalue weighted by Gasteiger charge is 2.19. The van der Waals surface area contributed by atoms with Crippen molar-refractivity contribution in [1.29, 1.82) is 0 Å². The van der Waals surface area contributed by atoms with E-state index >= 15 is 0 Å². The van der Waals surface area contributed by atoms with Crippen LogP contribution in [-0.2, 0) is 0 Å². The first kappa shape index (κ1) is 14.6. The Kier molecular flexibility index (Phi) is 4.29. The zero-order valence-electron chi connectivity index (χ0n) is 11.4. The van der Waals surface area contributed by atoms with Crippen molar-refractivity contribution >= 4 is 38.5 Å². The normalized spacial score (nSPS) is 12.7. The first-order valence-corrected chi connectivity index (χ1v) is 7.88. The monoisotopic (exact) mass is 364 g/mol. The minimum absolute atomic E-state index is 0.0523. The van der Waals surface area contributed by atoms with E-state index in [0.29, 0.717) is 5.02 Å². The van der Waals surface area contributed by atoms with E-state index < -0.39 is 0 Å². The van der Waals surface area contributed by atoms with Crippen LogP contribution in [0.25, 0.3) is 11.0 Å². The molecule has 3 aromatic rings. The van der Waals surface area contributed by atoms with E-state index in [1.165, 1.54) is 0 Å². The zero-order valence-corrected chi connectivity index (χ0v) is 13.8. The Morgan fingerprint density at radius 1 is 1.33 bits per heavy atom. The molecule has 0 aliphatic carbocycles. The molecule has 0 aliphatic rings. The van der Waals surface area contributed by atoms with Crippen LogP contribution in [0.4, 0.5) is 0 Å². The zero-order chi connectivity index (χ0) is 14.8. The van der Waals surface area contributed by atoms with Gasteiger partial charge in [-0.05, 0) is 46.2 Å². The van der Waals surface area contributed by atoms with Crippen LogP contribution in [0.3, 0.4) is 0 Å². The van der Waals surface area contributed by atoms with Crippen molar-refractivity contribution in [2.45, 2.75) is 13.0 Å². The van der Waals surface area contributed by atoms with Crippen molar-refractivity contribution < 1.29 is 4.42 Å². The summed E-state index contributed by atoms with van der Waals surface area (Å²) in [6.45, 7) is 2.88. The molecule has 0 aliphatic heterocycles. The molecular formula is C16H14BrClN2O. The second-order valence-corrected chi connectivity index (χ2v) is 6.06. The molecule has 0 saturated carbocycles. The molecule has 0 amide bonds.